The number of nitrogens with zero attached hydrogens (tertiary/aromatic N) is 3. The maximum absolute atomic E-state index is 13.1. The minimum absolute atomic E-state index is 0.0510. The molecule has 4 rings (SSSR count). The number of methoxy groups -OCH3 is 1. The molecule has 0 aliphatic carbocycles. The van der Waals surface area contributed by atoms with Gasteiger partial charge in [-0.2, -0.15) is 5.26 Å². The number of nitrogens with one attached hydrogen (secondary N) is 1. The summed E-state index contributed by atoms with van der Waals surface area (Å²) < 4.78 is 12.7. The molecule has 0 saturated carbocycles. The van der Waals surface area contributed by atoms with Gasteiger partial charge in [0, 0.05) is 36.2 Å². The van der Waals surface area contributed by atoms with E-state index in [2.05, 4.69) is 16.0 Å². The molecule has 0 spiro atoms. The molecule has 3 aromatic rings. The van der Waals surface area contributed by atoms with E-state index in [1.165, 1.54) is 0 Å². The molecule has 1 N–H and O–H groups in total. The van der Waals surface area contributed by atoms with E-state index >= 15 is 0 Å². The monoisotopic (exact) mass is 486 g/mol. The molecule has 1 aliphatic rings. The Morgan fingerprint density at radius 1 is 1.11 bits per heavy atom. The number of hydrogen-bond donors (Lipinski definition) is 1. The number of nitriles is 1. The molecular weight excluding hydrogens is 456 g/mol. The molecule has 36 heavy (non-hydrogen) atoms. The lowest BCUT2D eigenvalue weighted by Crippen LogP contribution is -2.46. The predicted molar refractivity (Wildman–Crippen MR) is 136 cm³/mol. The summed E-state index contributed by atoms with van der Waals surface area (Å²) in [4.78, 5) is 27.2. The van der Waals surface area contributed by atoms with E-state index in [9.17, 15) is 14.9 Å². The highest BCUT2D eigenvalue weighted by molar-refractivity contribution is 6.02. The lowest BCUT2D eigenvalue weighted by atomic mass is 10.0. The summed E-state index contributed by atoms with van der Waals surface area (Å²) in [5.41, 5.74) is 3.83. The number of aryl methyl sites for hydroxylation is 2. The van der Waals surface area contributed by atoms with Gasteiger partial charge in [-0.15, -0.1) is 0 Å². The fraction of sp³-hybridized carbons (Fsp3) is 0.321. The lowest BCUT2D eigenvalue weighted by molar-refractivity contribution is -0.127. The number of hydrogen-bond acceptors (Lipinski definition) is 5. The van der Waals surface area contributed by atoms with E-state index in [0.717, 1.165) is 28.4 Å². The zero-order valence-electron chi connectivity index (χ0n) is 21.0. The van der Waals surface area contributed by atoms with Crippen LogP contribution in [0.5, 0.6) is 5.75 Å². The van der Waals surface area contributed by atoms with Crippen molar-refractivity contribution < 1.29 is 18.7 Å². The summed E-state index contributed by atoms with van der Waals surface area (Å²) in [6.45, 7) is 6.68. The Hall–Kier alpha value is -4.25. The molecule has 8 nitrogen and oxygen atoms in total. The molecule has 0 bridgehead atoms. The Bertz CT molecular complexity index is 1330. The maximum atomic E-state index is 13.1. The van der Waals surface area contributed by atoms with Crippen molar-refractivity contribution in [2.75, 3.05) is 20.2 Å². The second kappa shape index (κ2) is 10.6. The van der Waals surface area contributed by atoms with Crippen molar-refractivity contribution in [1.82, 2.24) is 14.8 Å². The molecule has 1 aromatic carbocycles. The molecule has 0 radical (unpaired) electrons. The molecule has 2 aromatic heterocycles. The number of piperidine rings is 1. The summed E-state index contributed by atoms with van der Waals surface area (Å²) in [5, 5.41) is 12.7. The van der Waals surface area contributed by atoms with Crippen LogP contribution in [0.15, 0.2) is 52.5 Å². The normalized spacial score (nSPS) is 14.4. The first-order valence-corrected chi connectivity index (χ1v) is 11.9. The van der Waals surface area contributed by atoms with E-state index < -0.39 is 0 Å². The fourth-order valence-corrected chi connectivity index (χ4v) is 4.57. The van der Waals surface area contributed by atoms with Gasteiger partial charge < -0.3 is 23.9 Å². The number of carbonyl (C=O) groups is 2. The SMILES string of the molecule is COc1ccc(-n2c(C)cc(/C=C(/C#N)C(=O)N3CCC(NC(=O)c4ccc(C)o4)CC3)c2C)cc1. The first-order chi connectivity index (χ1) is 17.3. The number of carbonyl (C=O) groups excluding carboxylic acids is 2. The van der Waals surface area contributed by atoms with Crippen LogP contribution in [-0.4, -0.2) is 47.5 Å². The summed E-state index contributed by atoms with van der Waals surface area (Å²) in [6.07, 6.45) is 2.89. The van der Waals surface area contributed by atoms with Crippen LogP contribution in [0.1, 0.15) is 46.1 Å². The molecule has 1 saturated heterocycles. The van der Waals surface area contributed by atoms with Gasteiger partial charge in [-0.25, -0.2) is 0 Å². The van der Waals surface area contributed by atoms with Crippen molar-refractivity contribution >= 4 is 17.9 Å². The third kappa shape index (κ3) is 5.20. The second-order valence-corrected chi connectivity index (χ2v) is 8.98. The molecule has 1 fully saturated rings. The van der Waals surface area contributed by atoms with Crippen LogP contribution in [0.25, 0.3) is 11.8 Å². The summed E-state index contributed by atoms with van der Waals surface area (Å²) in [6, 6.07) is 15.2. The Morgan fingerprint density at radius 2 is 1.81 bits per heavy atom. The average Bonchev–Trinajstić information content (AvgIpc) is 3.44. The minimum Gasteiger partial charge on any atom is -0.497 e. The van der Waals surface area contributed by atoms with Gasteiger partial charge in [0.25, 0.3) is 11.8 Å². The fourth-order valence-electron chi connectivity index (χ4n) is 4.57. The van der Waals surface area contributed by atoms with Gasteiger partial charge >= 0.3 is 0 Å². The lowest BCUT2D eigenvalue weighted by Gasteiger charge is -2.32. The van der Waals surface area contributed by atoms with Crippen LogP contribution >= 0.6 is 0 Å². The molecule has 8 heteroatoms. The van der Waals surface area contributed by atoms with Crippen LogP contribution in [0.2, 0.25) is 0 Å². The minimum atomic E-state index is -0.293. The number of aromatic nitrogens is 1. The molecule has 0 atom stereocenters. The summed E-state index contributed by atoms with van der Waals surface area (Å²) in [7, 11) is 1.63. The van der Waals surface area contributed by atoms with Crippen molar-refractivity contribution in [3.05, 3.63) is 76.5 Å². The number of amides is 2. The summed E-state index contributed by atoms with van der Waals surface area (Å²) in [5.74, 6) is 1.20. The van der Waals surface area contributed by atoms with Crippen LogP contribution in [-0.2, 0) is 4.79 Å². The van der Waals surface area contributed by atoms with Gasteiger partial charge in [0.05, 0.1) is 7.11 Å². The van der Waals surface area contributed by atoms with Gasteiger partial charge in [-0.3, -0.25) is 9.59 Å². The Labute approximate surface area is 210 Å². The first-order valence-electron chi connectivity index (χ1n) is 11.9. The predicted octanol–water partition coefficient (Wildman–Crippen LogP) is 4.33. The Morgan fingerprint density at radius 3 is 2.39 bits per heavy atom. The van der Waals surface area contributed by atoms with Crippen LogP contribution in [0.4, 0.5) is 0 Å². The highest BCUT2D eigenvalue weighted by Gasteiger charge is 2.27. The summed E-state index contributed by atoms with van der Waals surface area (Å²) >= 11 is 0. The van der Waals surface area contributed by atoms with Gasteiger partial charge in [-0.1, -0.05) is 0 Å². The van der Waals surface area contributed by atoms with Crippen LogP contribution < -0.4 is 10.1 Å². The smallest absolute Gasteiger partial charge is 0.287 e. The highest BCUT2D eigenvalue weighted by atomic mass is 16.5. The van der Waals surface area contributed by atoms with Crippen molar-refractivity contribution in [3.8, 4) is 17.5 Å². The zero-order chi connectivity index (χ0) is 25.8. The Balaban J connectivity index is 1.43. The van der Waals surface area contributed by atoms with Crippen molar-refractivity contribution in [2.45, 2.75) is 39.7 Å². The molecule has 1 aliphatic heterocycles. The third-order valence-electron chi connectivity index (χ3n) is 6.53. The third-order valence-corrected chi connectivity index (χ3v) is 6.53. The van der Waals surface area contributed by atoms with Crippen LogP contribution in [0.3, 0.4) is 0 Å². The van der Waals surface area contributed by atoms with E-state index in [-0.39, 0.29) is 29.2 Å². The first kappa shape index (κ1) is 24.9. The van der Waals surface area contributed by atoms with E-state index in [0.29, 0.717) is 31.7 Å². The number of rotatable bonds is 6. The van der Waals surface area contributed by atoms with Crippen LogP contribution in [0, 0.1) is 32.1 Å². The highest BCUT2D eigenvalue weighted by Crippen LogP contribution is 2.25. The molecular formula is C28H30N4O4. The average molecular weight is 487 g/mol. The van der Waals surface area contributed by atoms with Gasteiger partial charge in [0.15, 0.2) is 5.76 Å². The number of ether oxygens (including phenoxy) is 1. The second-order valence-electron chi connectivity index (χ2n) is 8.98. The van der Waals surface area contributed by atoms with Crippen molar-refractivity contribution in [2.24, 2.45) is 0 Å². The van der Waals surface area contributed by atoms with Gasteiger partial charge in [-0.05, 0) is 87.7 Å². The maximum Gasteiger partial charge on any atom is 0.287 e. The molecule has 3 heterocycles. The largest absolute Gasteiger partial charge is 0.497 e. The Kier molecular flexibility index (Phi) is 7.30. The van der Waals surface area contributed by atoms with Gasteiger partial charge in [0.2, 0.25) is 0 Å². The van der Waals surface area contributed by atoms with E-state index in [4.69, 9.17) is 9.15 Å². The van der Waals surface area contributed by atoms with Gasteiger partial charge in [0.1, 0.15) is 23.2 Å². The number of likely N-dealkylation sites (tertiary alicyclic amines) is 1. The van der Waals surface area contributed by atoms with E-state index in [1.807, 2.05) is 44.2 Å². The number of furan rings is 1. The number of benzene rings is 1. The van der Waals surface area contributed by atoms with Crippen molar-refractivity contribution in [1.29, 1.82) is 5.26 Å². The molecule has 0 unspecified atom stereocenters. The van der Waals surface area contributed by atoms with E-state index in [1.54, 1.807) is 37.1 Å². The molecule has 186 valence electrons. The standard InChI is InChI=1S/C28H30N4O4/c1-18-15-21(20(3)32(18)24-6-8-25(35-4)9-7-24)16-22(17-29)28(34)31-13-11-23(12-14-31)30-27(33)26-10-5-19(2)36-26/h5-10,15-16,23H,11-14H2,1-4H3,(H,30,33)/b22-16-. The van der Waals surface area contributed by atoms with Crippen molar-refractivity contribution in [3.63, 3.8) is 0 Å². The zero-order valence-corrected chi connectivity index (χ0v) is 21.0. The topological polar surface area (TPSA) is 101 Å². The molecule has 2 amide bonds. The quantitative estimate of drug-likeness (QED) is 0.413.